The normalized spacial score (nSPS) is 34.6. The van der Waals surface area contributed by atoms with Gasteiger partial charge in [-0.25, -0.2) is 0 Å². The minimum Gasteiger partial charge on any atom is -0.378 e. The van der Waals surface area contributed by atoms with E-state index in [1.807, 2.05) is 0 Å². The van der Waals surface area contributed by atoms with Gasteiger partial charge in [-0.05, 0) is 50.5 Å². The van der Waals surface area contributed by atoms with Crippen LogP contribution >= 0.6 is 0 Å². The van der Waals surface area contributed by atoms with Crippen LogP contribution in [0.15, 0.2) is 0 Å². The molecule has 2 atom stereocenters. The molecule has 2 aliphatic rings. The van der Waals surface area contributed by atoms with Gasteiger partial charge in [-0.1, -0.05) is 19.8 Å². The van der Waals surface area contributed by atoms with Crippen molar-refractivity contribution >= 4 is 0 Å². The third kappa shape index (κ3) is 4.17. The average Bonchev–Trinajstić information content (AvgIpc) is 2.41. The fourth-order valence-corrected chi connectivity index (χ4v) is 4.11. The molecule has 1 aliphatic carbocycles. The molecule has 0 amide bonds. The highest BCUT2D eigenvalue weighted by molar-refractivity contribution is 4.90. The van der Waals surface area contributed by atoms with Crippen molar-refractivity contribution in [2.45, 2.75) is 58.5 Å². The van der Waals surface area contributed by atoms with Gasteiger partial charge in [-0.15, -0.1) is 0 Å². The summed E-state index contributed by atoms with van der Waals surface area (Å²) in [5, 5.41) is 0. The second-order valence-corrected chi connectivity index (χ2v) is 6.84. The van der Waals surface area contributed by atoms with Crippen LogP contribution in [0, 0.1) is 11.3 Å². The number of nitrogens with zero attached hydrogens (tertiary/aromatic N) is 1. The van der Waals surface area contributed by atoms with Crippen LogP contribution in [0.25, 0.3) is 0 Å². The lowest BCUT2D eigenvalue weighted by molar-refractivity contribution is -0.00232. The highest BCUT2D eigenvalue weighted by Gasteiger charge is 2.36. The van der Waals surface area contributed by atoms with Crippen molar-refractivity contribution in [1.82, 2.24) is 4.90 Å². The van der Waals surface area contributed by atoms with E-state index in [0.29, 0.717) is 11.5 Å². The number of likely N-dealkylation sites (tertiary alicyclic amines) is 1. The lowest BCUT2D eigenvalue weighted by atomic mass is 9.69. The monoisotopic (exact) mass is 268 g/mol. The molecule has 1 aliphatic heterocycles. The zero-order valence-corrected chi connectivity index (χ0v) is 12.9. The van der Waals surface area contributed by atoms with Crippen LogP contribution in [0.1, 0.15) is 52.4 Å². The summed E-state index contributed by atoms with van der Waals surface area (Å²) in [5.74, 6) is 0.860. The maximum Gasteiger partial charge on any atom is 0.0599 e. The molecule has 2 rings (SSSR count). The SMILES string of the molecule is CCOC1CCN(CC2(CN)CCCC(C)C2)CC1. The van der Waals surface area contributed by atoms with E-state index >= 15 is 0 Å². The predicted octanol–water partition coefficient (Wildman–Crippen LogP) is 2.64. The minimum atomic E-state index is 0.399. The van der Waals surface area contributed by atoms with Crippen LogP contribution in [0.2, 0.25) is 0 Å². The Morgan fingerprint density at radius 3 is 2.58 bits per heavy atom. The van der Waals surface area contributed by atoms with Crippen molar-refractivity contribution in [2.75, 3.05) is 32.8 Å². The lowest BCUT2D eigenvalue weighted by Gasteiger charge is -2.44. The Morgan fingerprint density at radius 2 is 2.00 bits per heavy atom. The van der Waals surface area contributed by atoms with E-state index in [0.717, 1.165) is 19.1 Å². The molecule has 0 spiro atoms. The van der Waals surface area contributed by atoms with Crippen LogP contribution in [0.5, 0.6) is 0 Å². The zero-order chi connectivity index (χ0) is 13.7. The minimum absolute atomic E-state index is 0.399. The molecule has 2 N–H and O–H groups in total. The Hall–Kier alpha value is -0.120. The highest BCUT2D eigenvalue weighted by Crippen LogP contribution is 2.39. The van der Waals surface area contributed by atoms with Gasteiger partial charge in [-0.2, -0.15) is 0 Å². The van der Waals surface area contributed by atoms with Gasteiger partial charge in [0.25, 0.3) is 0 Å². The summed E-state index contributed by atoms with van der Waals surface area (Å²) in [6.07, 6.45) is 8.32. The predicted molar refractivity (Wildman–Crippen MR) is 80.2 cm³/mol. The highest BCUT2D eigenvalue weighted by atomic mass is 16.5. The largest absolute Gasteiger partial charge is 0.378 e. The molecule has 2 fully saturated rings. The Kier molecular flexibility index (Phi) is 5.67. The fraction of sp³-hybridized carbons (Fsp3) is 1.00. The first-order valence-corrected chi connectivity index (χ1v) is 8.21. The molecule has 1 saturated carbocycles. The van der Waals surface area contributed by atoms with Gasteiger partial charge in [0.15, 0.2) is 0 Å². The van der Waals surface area contributed by atoms with Crippen LogP contribution in [-0.4, -0.2) is 43.8 Å². The zero-order valence-electron chi connectivity index (χ0n) is 12.9. The van der Waals surface area contributed by atoms with Crippen molar-refractivity contribution in [1.29, 1.82) is 0 Å². The second kappa shape index (κ2) is 7.05. The molecular weight excluding hydrogens is 236 g/mol. The van der Waals surface area contributed by atoms with Crippen LogP contribution < -0.4 is 5.73 Å². The fourth-order valence-electron chi connectivity index (χ4n) is 4.11. The van der Waals surface area contributed by atoms with E-state index in [-0.39, 0.29) is 0 Å². The molecule has 0 aromatic heterocycles. The third-order valence-corrected chi connectivity index (χ3v) is 5.11. The van der Waals surface area contributed by atoms with Gasteiger partial charge >= 0.3 is 0 Å². The topological polar surface area (TPSA) is 38.5 Å². The molecule has 19 heavy (non-hydrogen) atoms. The summed E-state index contributed by atoms with van der Waals surface area (Å²) >= 11 is 0. The van der Waals surface area contributed by atoms with Gasteiger partial charge in [0, 0.05) is 26.2 Å². The van der Waals surface area contributed by atoms with Crippen molar-refractivity contribution < 1.29 is 4.74 Å². The standard InChI is InChI=1S/C16H32N2O/c1-3-19-15-6-9-18(10-7-15)13-16(12-17)8-4-5-14(2)11-16/h14-15H,3-13,17H2,1-2H3. The third-order valence-electron chi connectivity index (χ3n) is 5.11. The van der Waals surface area contributed by atoms with Crippen molar-refractivity contribution in [3.05, 3.63) is 0 Å². The maximum absolute atomic E-state index is 6.14. The first-order valence-electron chi connectivity index (χ1n) is 8.21. The Bertz CT molecular complexity index is 263. The van der Waals surface area contributed by atoms with Crippen LogP contribution in [-0.2, 0) is 4.74 Å². The number of ether oxygens (including phenoxy) is 1. The van der Waals surface area contributed by atoms with Crippen molar-refractivity contribution in [3.8, 4) is 0 Å². The molecular formula is C16H32N2O. The summed E-state index contributed by atoms with van der Waals surface area (Å²) in [6.45, 7) is 9.82. The number of nitrogens with two attached hydrogens (primary N) is 1. The number of hydrogen-bond acceptors (Lipinski definition) is 3. The van der Waals surface area contributed by atoms with Gasteiger partial charge in [0.1, 0.15) is 0 Å². The number of hydrogen-bond donors (Lipinski definition) is 1. The van der Waals surface area contributed by atoms with E-state index in [1.165, 1.54) is 58.2 Å². The van der Waals surface area contributed by atoms with Gasteiger partial charge < -0.3 is 15.4 Å². The molecule has 3 heteroatoms. The van der Waals surface area contributed by atoms with Crippen LogP contribution in [0.3, 0.4) is 0 Å². The van der Waals surface area contributed by atoms with E-state index in [2.05, 4.69) is 18.7 Å². The number of rotatable bonds is 5. The molecule has 3 nitrogen and oxygen atoms in total. The Morgan fingerprint density at radius 1 is 1.26 bits per heavy atom. The number of piperidine rings is 1. The van der Waals surface area contributed by atoms with E-state index in [4.69, 9.17) is 10.5 Å². The molecule has 0 aromatic carbocycles. The van der Waals surface area contributed by atoms with Gasteiger partial charge in [0.05, 0.1) is 6.10 Å². The summed E-state index contributed by atoms with van der Waals surface area (Å²) in [7, 11) is 0. The molecule has 0 aromatic rings. The van der Waals surface area contributed by atoms with E-state index < -0.39 is 0 Å². The van der Waals surface area contributed by atoms with Crippen molar-refractivity contribution in [3.63, 3.8) is 0 Å². The van der Waals surface area contributed by atoms with E-state index in [9.17, 15) is 0 Å². The smallest absolute Gasteiger partial charge is 0.0599 e. The lowest BCUT2D eigenvalue weighted by Crippen LogP contribution is -2.48. The second-order valence-electron chi connectivity index (χ2n) is 6.84. The Labute approximate surface area is 118 Å². The van der Waals surface area contributed by atoms with Gasteiger partial charge in [0.2, 0.25) is 0 Å². The first-order chi connectivity index (χ1) is 9.17. The average molecular weight is 268 g/mol. The van der Waals surface area contributed by atoms with Crippen molar-refractivity contribution in [2.24, 2.45) is 17.1 Å². The molecule has 0 bridgehead atoms. The summed E-state index contributed by atoms with van der Waals surface area (Å²) in [4.78, 5) is 2.64. The van der Waals surface area contributed by atoms with E-state index in [1.54, 1.807) is 0 Å². The summed E-state index contributed by atoms with van der Waals surface area (Å²) < 4.78 is 5.74. The molecule has 0 radical (unpaired) electrons. The summed E-state index contributed by atoms with van der Waals surface area (Å²) in [5.41, 5.74) is 6.54. The molecule has 1 saturated heterocycles. The molecule has 112 valence electrons. The molecule has 2 unspecified atom stereocenters. The van der Waals surface area contributed by atoms with Gasteiger partial charge in [-0.3, -0.25) is 0 Å². The van der Waals surface area contributed by atoms with Crippen LogP contribution in [0.4, 0.5) is 0 Å². The summed E-state index contributed by atoms with van der Waals surface area (Å²) in [6, 6.07) is 0. The molecule has 1 heterocycles. The first kappa shape index (κ1) is 15.3. The Balaban J connectivity index is 1.82. The maximum atomic E-state index is 6.14. The quantitative estimate of drug-likeness (QED) is 0.833.